The van der Waals surface area contributed by atoms with Gasteiger partial charge < -0.3 is 20.5 Å². The van der Waals surface area contributed by atoms with Crippen LogP contribution in [0.3, 0.4) is 0 Å². The van der Waals surface area contributed by atoms with Crippen molar-refractivity contribution >= 4 is 6.03 Å². The maximum absolute atomic E-state index is 13.0. The van der Waals surface area contributed by atoms with Crippen LogP contribution in [0.25, 0.3) is 0 Å². The molecule has 23 heavy (non-hydrogen) atoms. The molecule has 0 aromatic heterocycles. The highest BCUT2D eigenvalue weighted by Gasteiger charge is 2.29. The maximum atomic E-state index is 13.0. The van der Waals surface area contributed by atoms with Gasteiger partial charge in [-0.25, -0.2) is 9.18 Å². The third-order valence-electron chi connectivity index (χ3n) is 3.68. The first-order chi connectivity index (χ1) is 11.1. The second-order valence-corrected chi connectivity index (χ2v) is 5.36. The Bertz CT molecular complexity index is 690. The average molecular weight is 316 g/mol. The molecule has 3 rings (SSSR count). The van der Waals surface area contributed by atoms with E-state index in [0.717, 1.165) is 5.56 Å². The zero-order chi connectivity index (χ0) is 16.2. The minimum absolute atomic E-state index is 0.295. The number of rotatable bonds is 4. The molecule has 2 atom stereocenters. The van der Waals surface area contributed by atoms with Gasteiger partial charge in [0.2, 0.25) is 0 Å². The number of benzene rings is 2. The molecule has 1 aliphatic rings. The molecule has 2 unspecified atom stereocenters. The minimum Gasteiger partial charge on any atom is -0.486 e. The molecule has 1 heterocycles. The molecule has 1 aliphatic heterocycles. The van der Waals surface area contributed by atoms with Crippen LogP contribution in [0.5, 0.6) is 11.5 Å². The number of carbonyl (C=O) groups is 1. The van der Waals surface area contributed by atoms with Gasteiger partial charge in [0, 0.05) is 0 Å². The predicted octanol–water partition coefficient (Wildman–Crippen LogP) is 2.25. The molecule has 0 spiro atoms. The van der Waals surface area contributed by atoms with E-state index in [-0.39, 0.29) is 18.0 Å². The molecule has 3 N–H and O–H groups in total. The van der Waals surface area contributed by atoms with Crippen molar-refractivity contribution in [1.82, 2.24) is 5.32 Å². The van der Waals surface area contributed by atoms with E-state index in [2.05, 4.69) is 5.32 Å². The number of hydrogen-bond donors (Lipinski definition) is 2. The molecule has 0 radical (unpaired) electrons. The molecule has 120 valence electrons. The first-order valence-corrected chi connectivity index (χ1v) is 7.31. The van der Waals surface area contributed by atoms with Crippen LogP contribution in [0.2, 0.25) is 0 Å². The fourth-order valence-corrected chi connectivity index (χ4v) is 2.57. The van der Waals surface area contributed by atoms with Crippen molar-refractivity contribution in [2.24, 2.45) is 5.73 Å². The van der Waals surface area contributed by atoms with Crippen molar-refractivity contribution in [3.63, 3.8) is 0 Å². The van der Waals surface area contributed by atoms with Crippen LogP contribution < -0.4 is 20.5 Å². The van der Waals surface area contributed by atoms with Gasteiger partial charge in [-0.05, 0) is 36.2 Å². The summed E-state index contributed by atoms with van der Waals surface area (Å²) in [6.45, 7) is 0.295. The number of halogens is 1. The monoisotopic (exact) mass is 316 g/mol. The van der Waals surface area contributed by atoms with E-state index in [0.29, 0.717) is 24.5 Å². The second kappa shape index (κ2) is 6.56. The average Bonchev–Trinajstić information content (AvgIpc) is 2.55. The van der Waals surface area contributed by atoms with Crippen molar-refractivity contribution in [2.75, 3.05) is 6.61 Å². The Kier molecular flexibility index (Phi) is 4.32. The zero-order valence-corrected chi connectivity index (χ0v) is 12.4. The summed E-state index contributed by atoms with van der Waals surface area (Å²) in [5.74, 6) is 0.988. The Balaban J connectivity index is 1.76. The van der Waals surface area contributed by atoms with Gasteiger partial charge in [-0.1, -0.05) is 24.3 Å². The Morgan fingerprint density at radius 3 is 2.61 bits per heavy atom. The lowest BCUT2D eigenvalue weighted by Crippen LogP contribution is -2.52. The molecule has 0 aliphatic carbocycles. The topological polar surface area (TPSA) is 73.6 Å². The van der Waals surface area contributed by atoms with E-state index in [4.69, 9.17) is 15.2 Å². The fraction of sp³-hybridized carbons (Fsp3) is 0.235. The number of urea groups is 1. The van der Waals surface area contributed by atoms with E-state index in [9.17, 15) is 9.18 Å². The first-order valence-electron chi connectivity index (χ1n) is 7.31. The van der Waals surface area contributed by atoms with Gasteiger partial charge >= 0.3 is 6.03 Å². The summed E-state index contributed by atoms with van der Waals surface area (Å²) in [5, 5.41) is 2.68. The molecule has 6 heteroatoms. The quantitative estimate of drug-likeness (QED) is 0.908. The molecular weight excluding hydrogens is 299 g/mol. The smallest absolute Gasteiger partial charge is 0.312 e. The Hall–Kier alpha value is -2.76. The highest BCUT2D eigenvalue weighted by molar-refractivity contribution is 5.72. The highest BCUT2D eigenvalue weighted by Crippen LogP contribution is 2.32. The van der Waals surface area contributed by atoms with Crippen LogP contribution in [-0.2, 0) is 6.42 Å². The minimum atomic E-state index is -0.639. The van der Waals surface area contributed by atoms with Gasteiger partial charge in [0.15, 0.2) is 17.6 Å². The summed E-state index contributed by atoms with van der Waals surface area (Å²) in [7, 11) is 0. The Morgan fingerprint density at radius 1 is 1.22 bits per heavy atom. The molecule has 2 amide bonds. The Morgan fingerprint density at radius 2 is 1.91 bits per heavy atom. The van der Waals surface area contributed by atoms with Gasteiger partial charge in [-0.2, -0.15) is 0 Å². The Labute approximate surface area is 133 Å². The normalized spacial score (nSPS) is 17.3. The third-order valence-corrected chi connectivity index (χ3v) is 3.68. The van der Waals surface area contributed by atoms with Crippen molar-refractivity contribution in [3.05, 3.63) is 59.9 Å². The number of para-hydroxylation sites is 2. The number of amides is 2. The standard InChI is InChI=1S/C17H17FN2O3/c18-12-7-5-11(6-8-12)9-13(20-17(19)21)16-10-22-14-3-1-2-4-15(14)23-16/h1-8,13,16H,9-10H2,(H3,19,20,21). The van der Waals surface area contributed by atoms with Gasteiger partial charge in [-0.3, -0.25) is 0 Å². The number of hydrogen-bond acceptors (Lipinski definition) is 3. The van der Waals surface area contributed by atoms with Crippen LogP contribution >= 0.6 is 0 Å². The molecule has 5 nitrogen and oxygen atoms in total. The number of nitrogens with two attached hydrogens (primary N) is 1. The number of primary amides is 1. The lowest BCUT2D eigenvalue weighted by molar-refractivity contribution is 0.0648. The number of nitrogens with one attached hydrogen (secondary N) is 1. The SMILES string of the molecule is NC(=O)NC(Cc1ccc(F)cc1)C1COc2ccccc2O1. The largest absolute Gasteiger partial charge is 0.486 e. The highest BCUT2D eigenvalue weighted by atomic mass is 19.1. The van der Waals surface area contributed by atoms with Gasteiger partial charge in [-0.15, -0.1) is 0 Å². The van der Waals surface area contributed by atoms with Crippen LogP contribution in [-0.4, -0.2) is 24.8 Å². The molecule has 0 bridgehead atoms. The molecule has 0 saturated carbocycles. The number of fused-ring (bicyclic) bond motifs is 1. The van der Waals surface area contributed by atoms with E-state index in [1.165, 1.54) is 12.1 Å². The van der Waals surface area contributed by atoms with Gasteiger partial charge in [0.05, 0.1) is 6.04 Å². The molecular formula is C17H17FN2O3. The first kappa shape index (κ1) is 15.1. The van der Waals surface area contributed by atoms with Crippen molar-refractivity contribution < 1.29 is 18.7 Å². The van der Waals surface area contributed by atoms with Crippen LogP contribution in [0, 0.1) is 5.82 Å². The number of ether oxygens (including phenoxy) is 2. The van der Waals surface area contributed by atoms with E-state index in [1.54, 1.807) is 18.2 Å². The van der Waals surface area contributed by atoms with E-state index >= 15 is 0 Å². The van der Waals surface area contributed by atoms with E-state index in [1.807, 2.05) is 18.2 Å². The summed E-state index contributed by atoms with van der Waals surface area (Å²) < 4.78 is 24.6. The number of carbonyl (C=O) groups excluding carboxylic acids is 1. The summed E-state index contributed by atoms with van der Waals surface area (Å²) >= 11 is 0. The summed E-state index contributed by atoms with van der Waals surface area (Å²) in [5.41, 5.74) is 6.13. The van der Waals surface area contributed by atoms with Crippen LogP contribution in [0.4, 0.5) is 9.18 Å². The molecule has 0 fully saturated rings. The van der Waals surface area contributed by atoms with Crippen LogP contribution in [0.1, 0.15) is 5.56 Å². The summed E-state index contributed by atoms with van der Waals surface area (Å²) in [4.78, 5) is 11.3. The van der Waals surface area contributed by atoms with Crippen molar-refractivity contribution in [2.45, 2.75) is 18.6 Å². The lowest BCUT2D eigenvalue weighted by Gasteiger charge is -2.32. The van der Waals surface area contributed by atoms with Crippen LogP contribution in [0.15, 0.2) is 48.5 Å². The molecule has 2 aromatic carbocycles. The van der Waals surface area contributed by atoms with Crippen molar-refractivity contribution in [3.8, 4) is 11.5 Å². The summed E-state index contributed by atoms with van der Waals surface area (Å²) in [6, 6.07) is 12.4. The second-order valence-electron chi connectivity index (χ2n) is 5.36. The fourth-order valence-electron chi connectivity index (χ4n) is 2.57. The van der Waals surface area contributed by atoms with Gasteiger partial charge in [0.25, 0.3) is 0 Å². The van der Waals surface area contributed by atoms with Gasteiger partial charge in [0.1, 0.15) is 12.4 Å². The maximum Gasteiger partial charge on any atom is 0.312 e. The lowest BCUT2D eigenvalue weighted by atomic mass is 10.0. The molecule has 2 aromatic rings. The predicted molar refractivity (Wildman–Crippen MR) is 83.0 cm³/mol. The van der Waals surface area contributed by atoms with Crippen molar-refractivity contribution in [1.29, 1.82) is 0 Å². The summed E-state index contributed by atoms with van der Waals surface area (Å²) in [6.07, 6.45) is 0.0711. The van der Waals surface area contributed by atoms with E-state index < -0.39 is 6.03 Å². The molecule has 0 saturated heterocycles. The third kappa shape index (κ3) is 3.71. The zero-order valence-electron chi connectivity index (χ0n) is 12.4.